The van der Waals surface area contributed by atoms with Crippen LogP contribution in [0.2, 0.25) is 0 Å². The van der Waals surface area contributed by atoms with Crippen molar-refractivity contribution in [2.45, 2.75) is 85.4 Å². The smallest absolute Gasteiger partial charge is 0.179 e. The fourth-order valence-corrected chi connectivity index (χ4v) is 3.38. The Bertz CT molecular complexity index is 664. The summed E-state index contributed by atoms with van der Waals surface area (Å²) in [6.45, 7) is 11.0. The zero-order chi connectivity index (χ0) is 23.1. The topological polar surface area (TPSA) is 50.1 Å². The largest absolute Gasteiger partial charge is 0.472 e. The molecule has 0 N–H and O–H groups in total. The minimum Gasteiger partial charge on any atom is -0.472 e. The first kappa shape index (κ1) is 27.4. The van der Waals surface area contributed by atoms with Crippen molar-refractivity contribution in [2.75, 3.05) is 20.8 Å². The Morgan fingerprint density at radius 3 is 2.32 bits per heavy atom. The summed E-state index contributed by atoms with van der Waals surface area (Å²) >= 11 is 0. The van der Waals surface area contributed by atoms with Gasteiger partial charge in [-0.3, -0.25) is 0 Å². The lowest BCUT2D eigenvalue weighted by atomic mass is 10.0. The van der Waals surface area contributed by atoms with Gasteiger partial charge < -0.3 is 23.4 Å². The van der Waals surface area contributed by atoms with Crippen LogP contribution in [0.15, 0.2) is 58.0 Å². The van der Waals surface area contributed by atoms with E-state index in [0.29, 0.717) is 13.0 Å². The molecule has 0 amide bonds. The molecule has 5 heteroatoms. The van der Waals surface area contributed by atoms with Crippen LogP contribution in [-0.2, 0) is 18.9 Å². The molecule has 0 aromatic carbocycles. The van der Waals surface area contributed by atoms with E-state index in [0.717, 1.165) is 36.8 Å². The summed E-state index contributed by atoms with van der Waals surface area (Å²) < 4.78 is 28.1. The highest BCUT2D eigenvalue weighted by atomic mass is 16.7. The van der Waals surface area contributed by atoms with E-state index in [1.807, 2.05) is 19.9 Å². The predicted molar refractivity (Wildman–Crippen MR) is 126 cm³/mol. The van der Waals surface area contributed by atoms with Crippen LogP contribution >= 0.6 is 0 Å². The molecule has 0 fully saturated rings. The summed E-state index contributed by atoms with van der Waals surface area (Å²) in [5.41, 5.74) is 4.88. The summed E-state index contributed by atoms with van der Waals surface area (Å²) in [5, 5.41) is 0. The fourth-order valence-electron chi connectivity index (χ4n) is 3.38. The van der Waals surface area contributed by atoms with Gasteiger partial charge >= 0.3 is 0 Å². The van der Waals surface area contributed by atoms with Crippen LogP contribution in [0.4, 0.5) is 0 Å². The van der Waals surface area contributed by atoms with Gasteiger partial charge in [-0.1, -0.05) is 29.4 Å². The summed E-state index contributed by atoms with van der Waals surface area (Å²) in [5.74, 6) is 0. The first-order valence-electron chi connectivity index (χ1n) is 11.2. The maximum atomic E-state index is 6.11. The number of hydrogen-bond acceptors (Lipinski definition) is 5. The average molecular weight is 435 g/mol. The quantitative estimate of drug-likeness (QED) is 0.205. The third-order valence-corrected chi connectivity index (χ3v) is 5.01. The first-order valence-corrected chi connectivity index (χ1v) is 11.2. The number of rotatable bonds is 16. The van der Waals surface area contributed by atoms with Crippen LogP contribution in [-0.4, -0.2) is 33.4 Å². The summed E-state index contributed by atoms with van der Waals surface area (Å²) in [6, 6.07) is 1.93. The molecular formula is C26H42O5. The van der Waals surface area contributed by atoms with Crippen molar-refractivity contribution in [3.63, 3.8) is 0 Å². The molecule has 0 aliphatic rings. The molecule has 0 bridgehead atoms. The highest BCUT2D eigenvalue weighted by Gasteiger charge is 2.18. The van der Waals surface area contributed by atoms with Gasteiger partial charge in [-0.25, -0.2) is 0 Å². The van der Waals surface area contributed by atoms with E-state index in [9.17, 15) is 0 Å². The molecule has 0 aliphatic heterocycles. The third kappa shape index (κ3) is 11.5. The maximum absolute atomic E-state index is 6.11. The average Bonchev–Trinajstić information content (AvgIpc) is 3.26. The second-order valence-corrected chi connectivity index (χ2v) is 7.93. The summed E-state index contributed by atoms with van der Waals surface area (Å²) in [7, 11) is 3.34. The van der Waals surface area contributed by atoms with Crippen LogP contribution in [0.5, 0.6) is 0 Å². The van der Waals surface area contributed by atoms with Gasteiger partial charge in [0, 0.05) is 26.4 Å². The van der Waals surface area contributed by atoms with Crippen LogP contribution < -0.4 is 0 Å². The Morgan fingerprint density at radius 2 is 1.74 bits per heavy atom. The Balaban J connectivity index is 2.83. The van der Waals surface area contributed by atoms with Gasteiger partial charge in [0.05, 0.1) is 18.6 Å². The van der Waals surface area contributed by atoms with Crippen LogP contribution in [0.1, 0.15) is 78.4 Å². The summed E-state index contributed by atoms with van der Waals surface area (Å²) in [4.78, 5) is 0. The minimum absolute atomic E-state index is 0.161. The molecule has 0 spiro atoms. The number of furan rings is 1. The van der Waals surface area contributed by atoms with Crippen molar-refractivity contribution in [3.05, 3.63) is 59.1 Å². The van der Waals surface area contributed by atoms with Crippen LogP contribution in [0, 0.1) is 0 Å². The molecule has 0 radical (unpaired) electrons. The van der Waals surface area contributed by atoms with Crippen molar-refractivity contribution in [3.8, 4) is 0 Å². The molecule has 1 aromatic rings. The molecule has 5 nitrogen and oxygen atoms in total. The van der Waals surface area contributed by atoms with Crippen molar-refractivity contribution in [2.24, 2.45) is 0 Å². The third-order valence-electron chi connectivity index (χ3n) is 5.01. The highest BCUT2D eigenvalue weighted by molar-refractivity contribution is 5.15. The molecular weight excluding hydrogens is 392 g/mol. The molecule has 0 saturated carbocycles. The molecule has 2 unspecified atom stereocenters. The van der Waals surface area contributed by atoms with E-state index in [1.165, 1.54) is 11.1 Å². The number of hydrogen-bond donors (Lipinski definition) is 0. The molecule has 1 heterocycles. The molecule has 176 valence electrons. The van der Waals surface area contributed by atoms with Gasteiger partial charge in [0.15, 0.2) is 12.6 Å². The Labute approximate surface area is 189 Å². The molecule has 0 aliphatic carbocycles. The summed E-state index contributed by atoms with van der Waals surface area (Å²) in [6.07, 6.45) is 14.0. The standard InChI is InChI=1S/C26H42O5/c1-8-30-22(5)31-25(24-17-18-29-19-24)16-15-23(26(27-6)28-7)14-10-13-21(4)12-9-11-20(2)3/h11,13,15,17-19,22,25-26H,8-10,12,14,16H2,1-7H3/b21-13+,23-15+. The van der Waals surface area contributed by atoms with Gasteiger partial charge in [-0.2, -0.15) is 0 Å². The van der Waals surface area contributed by atoms with E-state index in [2.05, 4.69) is 39.0 Å². The van der Waals surface area contributed by atoms with E-state index < -0.39 is 0 Å². The van der Waals surface area contributed by atoms with E-state index in [-0.39, 0.29) is 18.7 Å². The predicted octanol–water partition coefficient (Wildman–Crippen LogP) is 7.13. The van der Waals surface area contributed by atoms with Gasteiger partial charge in [-0.15, -0.1) is 0 Å². The van der Waals surface area contributed by atoms with Crippen molar-refractivity contribution < 1.29 is 23.4 Å². The minimum atomic E-state index is -0.367. The molecule has 1 aromatic heterocycles. The highest BCUT2D eigenvalue weighted by Crippen LogP contribution is 2.27. The zero-order valence-corrected chi connectivity index (χ0v) is 20.5. The van der Waals surface area contributed by atoms with Gasteiger partial charge in [0.1, 0.15) is 0 Å². The monoisotopic (exact) mass is 434 g/mol. The van der Waals surface area contributed by atoms with Crippen LogP contribution in [0.3, 0.4) is 0 Å². The van der Waals surface area contributed by atoms with Crippen molar-refractivity contribution >= 4 is 0 Å². The fraction of sp³-hybridized carbons (Fsp3) is 0.615. The first-order chi connectivity index (χ1) is 14.9. The second kappa shape index (κ2) is 16.0. The van der Waals surface area contributed by atoms with E-state index in [1.54, 1.807) is 26.7 Å². The number of allylic oxidation sites excluding steroid dienone is 4. The lowest BCUT2D eigenvalue weighted by Crippen LogP contribution is -2.18. The Hall–Kier alpha value is -1.66. The Morgan fingerprint density at radius 1 is 1.03 bits per heavy atom. The lowest BCUT2D eigenvalue weighted by molar-refractivity contribution is -0.158. The lowest BCUT2D eigenvalue weighted by Gasteiger charge is -2.22. The maximum Gasteiger partial charge on any atom is 0.179 e. The number of ether oxygens (including phenoxy) is 4. The SMILES string of the molecule is CCOC(C)OC(C/C=C(\CC/C=C(\C)CCC=C(C)C)C(OC)OC)c1ccoc1. The molecule has 31 heavy (non-hydrogen) atoms. The molecule has 1 rings (SSSR count). The normalized spacial score (nSPS) is 14.7. The van der Waals surface area contributed by atoms with E-state index >= 15 is 0 Å². The van der Waals surface area contributed by atoms with Gasteiger partial charge in [-0.05, 0) is 78.4 Å². The molecule has 2 atom stereocenters. The van der Waals surface area contributed by atoms with Crippen molar-refractivity contribution in [1.29, 1.82) is 0 Å². The van der Waals surface area contributed by atoms with Crippen LogP contribution in [0.25, 0.3) is 0 Å². The zero-order valence-electron chi connectivity index (χ0n) is 20.5. The van der Waals surface area contributed by atoms with Gasteiger partial charge in [0.25, 0.3) is 0 Å². The number of methoxy groups -OCH3 is 2. The van der Waals surface area contributed by atoms with Gasteiger partial charge in [0.2, 0.25) is 0 Å². The van der Waals surface area contributed by atoms with Crippen molar-refractivity contribution in [1.82, 2.24) is 0 Å². The Kier molecular flexibility index (Phi) is 14.2. The van der Waals surface area contributed by atoms with E-state index in [4.69, 9.17) is 23.4 Å². The second-order valence-electron chi connectivity index (χ2n) is 7.93. The molecule has 0 saturated heterocycles.